The van der Waals surface area contributed by atoms with Gasteiger partial charge in [0.25, 0.3) is 5.91 Å². The van der Waals surface area contributed by atoms with Gasteiger partial charge in [0.1, 0.15) is 6.07 Å². The van der Waals surface area contributed by atoms with E-state index in [1.165, 1.54) is 6.20 Å². The number of hydrogen-bond acceptors (Lipinski definition) is 5. The lowest BCUT2D eigenvalue weighted by Gasteiger charge is -2.22. The van der Waals surface area contributed by atoms with Gasteiger partial charge < -0.3 is 5.32 Å². The zero-order valence-corrected chi connectivity index (χ0v) is 17.0. The summed E-state index contributed by atoms with van der Waals surface area (Å²) in [6.45, 7) is 8.13. The normalized spacial score (nSPS) is 13.9. The summed E-state index contributed by atoms with van der Waals surface area (Å²) in [5.41, 5.74) is 2.61. The number of aryl methyl sites for hydroxylation is 1. The van der Waals surface area contributed by atoms with Crippen molar-refractivity contribution in [2.75, 3.05) is 5.32 Å². The maximum Gasteiger partial charge on any atom is 0.277 e. The summed E-state index contributed by atoms with van der Waals surface area (Å²) in [4.78, 5) is 17.1. The summed E-state index contributed by atoms with van der Waals surface area (Å²) >= 11 is 0. The lowest BCUT2D eigenvalue weighted by atomic mass is 10.1. The Morgan fingerprint density at radius 1 is 1.28 bits per heavy atom. The second kappa shape index (κ2) is 6.85. The van der Waals surface area contributed by atoms with Crippen molar-refractivity contribution >= 4 is 11.7 Å². The van der Waals surface area contributed by atoms with E-state index in [2.05, 4.69) is 41.3 Å². The number of aromatic nitrogens is 5. The van der Waals surface area contributed by atoms with Gasteiger partial charge >= 0.3 is 0 Å². The molecule has 29 heavy (non-hydrogen) atoms. The third kappa shape index (κ3) is 3.76. The highest BCUT2D eigenvalue weighted by Crippen LogP contribution is 2.41. The van der Waals surface area contributed by atoms with Gasteiger partial charge in [0.05, 0.1) is 11.1 Å². The fraction of sp³-hybridized carbons (Fsp3) is 0.381. The predicted molar refractivity (Wildman–Crippen MR) is 108 cm³/mol. The maximum absolute atomic E-state index is 12.8. The molecule has 0 unspecified atom stereocenters. The minimum Gasteiger partial charge on any atom is -0.303 e. The first-order valence-electron chi connectivity index (χ1n) is 9.61. The number of anilines is 1. The zero-order valence-electron chi connectivity index (χ0n) is 17.0. The topological polar surface area (TPSA) is 101 Å². The molecule has 3 heterocycles. The van der Waals surface area contributed by atoms with Crippen LogP contribution in [0, 0.1) is 18.3 Å². The van der Waals surface area contributed by atoms with Crippen molar-refractivity contribution < 1.29 is 4.79 Å². The summed E-state index contributed by atoms with van der Waals surface area (Å²) in [7, 11) is 0. The molecule has 0 radical (unpaired) electrons. The molecule has 1 aliphatic rings. The van der Waals surface area contributed by atoms with Gasteiger partial charge in [0.15, 0.2) is 17.3 Å². The number of carbonyl (C=O) groups is 1. The van der Waals surface area contributed by atoms with Crippen molar-refractivity contribution in [3.05, 3.63) is 53.1 Å². The van der Waals surface area contributed by atoms with E-state index >= 15 is 0 Å². The summed E-state index contributed by atoms with van der Waals surface area (Å²) < 4.78 is 3.54. The van der Waals surface area contributed by atoms with Crippen molar-refractivity contribution in [1.82, 2.24) is 24.5 Å². The minimum absolute atomic E-state index is 0.185. The fourth-order valence-electron chi connectivity index (χ4n) is 3.17. The van der Waals surface area contributed by atoms with E-state index < -0.39 is 0 Å². The number of pyridine rings is 1. The Kier molecular flexibility index (Phi) is 4.46. The van der Waals surface area contributed by atoms with Crippen LogP contribution in [0.2, 0.25) is 0 Å². The van der Waals surface area contributed by atoms with E-state index in [0.717, 1.165) is 24.1 Å². The van der Waals surface area contributed by atoms with Crippen LogP contribution in [0.4, 0.5) is 5.82 Å². The lowest BCUT2D eigenvalue weighted by Crippen LogP contribution is -2.26. The van der Waals surface area contributed by atoms with Crippen LogP contribution in [-0.2, 0) is 5.54 Å². The summed E-state index contributed by atoms with van der Waals surface area (Å²) in [6.07, 6.45) is 5.56. The SMILES string of the molecule is Cc1cn(-c2ccc(C#N)cn2)nc1NC(=O)c1cc(C2CC2)n(C(C)(C)C)n1. The quantitative estimate of drug-likeness (QED) is 0.735. The van der Waals surface area contributed by atoms with E-state index in [1.807, 2.05) is 23.7 Å². The summed E-state index contributed by atoms with van der Waals surface area (Å²) in [5, 5.41) is 20.8. The maximum atomic E-state index is 12.8. The molecule has 0 saturated heterocycles. The van der Waals surface area contributed by atoms with E-state index in [9.17, 15) is 4.79 Å². The number of nitriles is 1. The number of nitrogens with zero attached hydrogens (tertiary/aromatic N) is 6. The zero-order chi connectivity index (χ0) is 20.8. The van der Waals surface area contributed by atoms with Gasteiger partial charge in [-0.05, 0) is 58.7 Å². The van der Waals surface area contributed by atoms with Crippen molar-refractivity contribution in [2.24, 2.45) is 0 Å². The van der Waals surface area contributed by atoms with Crippen molar-refractivity contribution in [2.45, 2.75) is 52.0 Å². The molecule has 1 aliphatic carbocycles. The Hall–Kier alpha value is -3.47. The Morgan fingerprint density at radius 3 is 2.62 bits per heavy atom. The molecular formula is C21H23N7O. The molecule has 3 aromatic heterocycles. The lowest BCUT2D eigenvalue weighted by molar-refractivity contribution is 0.102. The summed E-state index contributed by atoms with van der Waals surface area (Å²) in [6, 6.07) is 7.32. The van der Waals surface area contributed by atoms with Crippen molar-refractivity contribution in [3.8, 4) is 11.9 Å². The van der Waals surface area contributed by atoms with Crippen molar-refractivity contribution in [3.63, 3.8) is 0 Å². The number of nitrogens with one attached hydrogen (secondary N) is 1. The van der Waals surface area contributed by atoms with Gasteiger partial charge in [0, 0.05) is 29.6 Å². The molecule has 0 aliphatic heterocycles. The average molecular weight is 389 g/mol. The van der Waals surface area contributed by atoms with Crippen LogP contribution in [0.15, 0.2) is 30.6 Å². The molecule has 0 atom stereocenters. The first-order chi connectivity index (χ1) is 13.8. The predicted octanol–water partition coefficient (Wildman–Crippen LogP) is 3.53. The average Bonchev–Trinajstić information content (AvgIpc) is 3.31. The molecule has 0 aromatic carbocycles. The Bertz CT molecular complexity index is 1110. The second-order valence-electron chi connectivity index (χ2n) is 8.39. The van der Waals surface area contributed by atoms with E-state index in [0.29, 0.717) is 28.8 Å². The van der Waals surface area contributed by atoms with Gasteiger partial charge in [0.2, 0.25) is 0 Å². The molecule has 1 N–H and O–H groups in total. The number of rotatable bonds is 4. The molecule has 1 amide bonds. The van der Waals surface area contributed by atoms with Crippen LogP contribution >= 0.6 is 0 Å². The molecule has 0 bridgehead atoms. The Labute approximate surface area is 169 Å². The summed E-state index contributed by atoms with van der Waals surface area (Å²) in [5.74, 6) is 1.24. The van der Waals surface area contributed by atoms with Crippen LogP contribution in [0.5, 0.6) is 0 Å². The van der Waals surface area contributed by atoms with Crippen LogP contribution in [0.1, 0.15) is 66.8 Å². The number of hydrogen-bond donors (Lipinski definition) is 1. The van der Waals surface area contributed by atoms with Crippen LogP contribution in [-0.4, -0.2) is 30.5 Å². The monoisotopic (exact) mass is 389 g/mol. The highest BCUT2D eigenvalue weighted by atomic mass is 16.2. The van der Waals surface area contributed by atoms with E-state index in [-0.39, 0.29) is 11.4 Å². The first kappa shape index (κ1) is 18.9. The second-order valence-corrected chi connectivity index (χ2v) is 8.39. The van der Waals surface area contributed by atoms with E-state index in [4.69, 9.17) is 5.26 Å². The molecule has 8 heteroatoms. The van der Waals surface area contributed by atoms with Gasteiger partial charge in [-0.15, -0.1) is 5.10 Å². The van der Waals surface area contributed by atoms with Gasteiger partial charge in [-0.2, -0.15) is 10.4 Å². The molecule has 0 spiro atoms. The largest absolute Gasteiger partial charge is 0.303 e. The first-order valence-corrected chi connectivity index (χ1v) is 9.61. The highest BCUT2D eigenvalue weighted by molar-refractivity contribution is 6.02. The molecule has 148 valence electrons. The minimum atomic E-state index is -0.281. The van der Waals surface area contributed by atoms with Gasteiger partial charge in [-0.25, -0.2) is 9.67 Å². The van der Waals surface area contributed by atoms with E-state index in [1.54, 1.807) is 23.0 Å². The molecule has 4 rings (SSSR count). The van der Waals surface area contributed by atoms with Crippen LogP contribution in [0.25, 0.3) is 5.82 Å². The van der Waals surface area contributed by atoms with Crippen LogP contribution in [0.3, 0.4) is 0 Å². The molecule has 8 nitrogen and oxygen atoms in total. The van der Waals surface area contributed by atoms with Crippen LogP contribution < -0.4 is 5.32 Å². The van der Waals surface area contributed by atoms with Gasteiger partial charge in [-0.1, -0.05) is 0 Å². The highest BCUT2D eigenvalue weighted by Gasteiger charge is 2.32. The molecule has 1 fully saturated rings. The number of amides is 1. The standard InChI is InChI=1S/C21H23N7O/c1-13-12-27(18-8-5-14(10-22)11-23-18)26-19(13)24-20(29)16-9-17(15-6-7-15)28(25-16)21(2,3)4/h5,8-9,11-12,15H,6-7H2,1-4H3,(H,24,26,29). The fourth-order valence-corrected chi connectivity index (χ4v) is 3.17. The van der Waals surface area contributed by atoms with Crippen molar-refractivity contribution in [1.29, 1.82) is 5.26 Å². The molecular weight excluding hydrogens is 366 g/mol. The third-order valence-electron chi connectivity index (χ3n) is 4.84. The number of carbonyl (C=O) groups excluding carboxylic acids is 1. The smallest absolute Gasteiger partial charge is 0.277 e. The molecule has 1 saturated carbocycles. The Balaban J connectivity index is 1.57. The third-order valence-corrected chi connectivity index (χ3v) is 4.84. The van der Waals surface area contributed by atoms with Gasteiger partial charge in [-0.3, -0.25) is 9.48 Å². The Morgan fingerprint density at radius 2 is 2.03 bits per heavy atom. The molecule has 3 aromatic rings.